The molecule has 0 radical (unpaired) electrons. The fourth-order valence-corrected chi connectivity index (χ4v) is 1.55. The Morgan fingerprint density at radius 2 is 2.05 bits per heavy atom. The number of pyridine rings is 1. The first kappa shape index (κ1) is 15.4. The predicted molar refractivity (Wildman–Crippen MR) is 74.8 cm³/mol. The van der Waals surface area contributed by atoms with Crippen molar-refractivity contribution in [1.82, 2.24) is 15.6 Å². The molecule has 1 atom stereocenters. The van der Waals surface area contributed by atoms with Gasteiger partial charge in [-0.2, -0.15) is 0 Å². The van der Waals surface area contributed by atoms with Crippen LogP contribution in [-0.2, 0) is 11.3 Å². The van der Waals surface area contributed by atoms with Crippen LogP contribution in [0, 0.1) is 6.92 Å². The number of rotatable bonds is 4. The van der Waals surface area contributed by atoms with Gasteiger partial charge >= 0.3 is 0 Å². The predicted octanol–water partition coefficient (Wildman–Crippen LogP) is 1.49. The summed E-state index contributed by atoms with van der Waals surface area (Å²) in [6.07, 6.45) is 0. The van der Waals surface area contributed by atoms with Gasteiger partial charge in [0.15, 0.2) is 0 Å². The van der Waals surface area contributed by atoms with Crippen molar-refractivity contribution in [2.45, 2.75) is 52.7 Å². The van der Waals surface area contributed by atoms with Gasteiger partial charge in [0.25, 0.3) is 0 Å². The number of aromatic hydroxyl groups is 1. The molecule has 0 aliphatic heterocycles. The molecular formula is C14H23N3O2. The maximum Gasteiger partial charge on any atom is 0.237 e. The van der Waals surface area contributed by atoms with Crippen LogP contribution in [0.15, 0.2) is 12.1 Å². The van der Waals surface area contributed by atoms with Gasteiger partial charge < -0.3 is 15.7 Å². The maximum atomic E-state index is 11.9. The van der Waals surface area contributed by atoms with Crippen molar-refractivity contribution in [3.63, 3.8) is 0 Å². The van der Waals surface area contributed by atoms with Crippen LogP contribution in [0.5, 0.6) is 5.75 Å². The number of aromatic nitrogens is 1. The van der Waals surface area contributed by atoms with Crippen molar-refractivity contribution >= 4 is 5.91 Å². The molecule has 1 aromatic rings. The number of amides is 1. The van der Waals surface area contributed by atoms with E-state index in [1.54, 1.807) is 19.1 Å². The zero-order valence-corrected chi connectivity index (χ0v) is 12.2. The lowest BCUT2D eigenvalue weighted by molar-refractivity contribution is -0.124. The summed E-state index contributed by atoms with van der Waals surface area (Å²) < 4.78 is 0. The SMILES string of the molecule is Cc1ccc(O)c(CNC(C)C(=O)NC(C)(C)C)n1. The molecule has 3 N–H and O–H groups in total. The lowest BCUT2D eigenvalue weighted by atomic mass is 10.1. The second-order valence-corrected chi connectivity index (χ2v) is 5.76. The number of hydrogen-bond donors (Lipinski definition) is 3. The molecule has 1 amide bonds. The smallest absolute Gasteiger partial charge is 0.237 e. The minimum Gasteiger partial charge on any atom is -0.506 e. The third-order valence-corrected chi connectivity index (χ3v) is 2.56. The van der Waals surface area contributed by atoms with Crippen molar-refractivity contribution in [3.05, 3.63) is 23.5 Å². The summed E-state index contributed by atoms with van der Waals surface area (Å²) in [7, 11) is 0. The molecule has 1 unspecified atom stereocenters. The Bertz CT molecular complexity index is 452. The van der Waals surface area contributed by atoms with E-state index in [0.717, 1.165) is 5.69 Å². The highest BCUT2D eigenvalue weighted by atomic mass is 16.3. The standard InChI is InChI=1S/C14H23N3O2/c1-9-6-7-12(18)11(16-9)8-15-10(2)13(19)17-14(3,4)5/h6-7,10,15,18H,8H2,1-5H3,(H,17,19). The normalized spacial score (nSPS) is 13.1. The summed E-state index contributed by atoms with van der Waals surface area (Å²) in [4.78, 5) is 16.1. The zero-order chi connectivity index (χ0) is 14.6. The first-order valence-electron chi connectivity index (χ1n) is 6.40. The highest BCUT2D eigenvalue weighted by molar-refractivity contribution is 5.81. The molecule has 0 aliphatic carbocycles. The molecule has 1 rings (SSSR count). The average Bonchev–Trinajstić information content (AvgIpc) is 2.27. The highest BCUT2D eigenvalue weighted by Crippen LogP contribution is 2.14. The summed E-state index contributed by atoms with van der Waals surface area (Å²) in [6.45, 7) is 9.81. The Morgan fingerprint density at radius 1 is 1.42 bits per heavy atom. The van der Waals surface area contributed by atoms with Crippen LogP contribution in [0.4, 0.5) is 0 Å². The van der Waals surface area contributed by atoms with Crippen LogP contribution in [0.25, 0.3) is 0 Å². The Hall–Kier alpha value is -1.62. The van der Waals surface area contributed by atoms with Gasteiger partial charge in [-0.15, -0.1) is 0 Å². The summed E-state index contributed by atoms with van der Waals surface area (Å²) >= 11 is 0. The number of aryl methyl sites for hydroxylation is 1. The minimum atomic E-state index is -0.346. The van der Waals surface area contributed by atoms with E-state index in [0.29, 0.717) is 12.2 Å². The van der Waals surface area contributed by atoms with Crippen LogP contribution in [0.2, 0.25) is 0 Å². The molecule has 0 spiro atoms. The molecule has 1 aromatic heterocycles. The fraction of sp³-hybridized carbons (Fsp3) is 0.571. The fourth-order valence-electron chi connectivity index (χ4n) is 1.55. The van der Waals surface area contributed by atoms with Gasteiger partial charge in [0.2, 0.25) is 5.91 Å². The summed E-state index contributed by atoms with van der Waals surface area (Å²) in [6, 6.07) is 3.01. The molecule has 0 bridgehead atoms. The molecule has 0 saturated carbocycles. The molecule has 1 heterocycles. The number of carbonyl (C=O) groups excluding carboxylic acids is 1. The first-order valence-corrected chi connectivity index (χ1v) is 6.40. The maximum absolute atomic E-state index is 11.9. The Kier molecular flexibility index (Phi) is 4.89. The number of hydrogen-bond acceptors (Lipinski definition) is 4. The number of carbonyl (C=O) groups is 1. The quantitative estimate of drug-likeness (QED) is 0.771. The minimum absolute atomic E-state index is 0.0698. The molecule has 5 heteroatoms. The van der Waals surface area contributed by atoms with Gasteiger partial charge in [-0.1, -0.05) is 0 Å². The monoisotopic (exact) mass is 265 g/mol. The van der Waals surface area contributed by atoms with E-state index < -0.39 is 0 Å². The van der Waals surface area contributed by atoms with Crippen molar-refractivity contribution in [2.75, 3.05) is 0 Å². The second kappa shape index (κ2) is 6.02. The van der Waals surface area contributed by atoms with Crippen molar-refractivity contribution < 1.29 is 9.90 Å². The van der Waals surface area contributed by atoms with Crippen molar-refractivity contribution in [2.24, 2.45) is 0 Å². The molecule has 0 saturated heterocycles. The summed E-state index contributed by atoms with van der Waals surface area (Å²) in [5, 5.41) is 15.6. The van der Waals surface area contributed by atoms with Gasteiger partial charge in [-0.05, 0) is 46.8 Å². The van der Waals surface area contributed by atoms with Crippen LogP contribution in [-0.4, -0.2) is 27.6 Å². The highest BCUT2D eigenvalue weighted by Gasteiger charge is 2.19. The molecule has 106 valence electrons. The van der Waals surface area contributed by atoms with Gasteiger partial charge in [0, 0.05) is 17.8 Å². The van der Waals surface area contributed by atoms with E-state index in [2.05, 4.69) is 15.6 Å². The van der Waals surface area contributed by atoms with Gasteiger partial charge in [0.05, 0.1) is 11.7 Å². The number of nitrogens with zero attached hydrogens (tertiary/aromatic N) is 1. The van der Waals surface area contributed by atoms with Crippen molar-refractivity contribution in [3.8, 4) is 5.75 Å². The first-order chi connectivity index (χ1) is 8.69. The van der Waals surface area contributed by atoms with E-state index in [9.17, 15) is 9.90 Å². The average molecular weight is 265 g/mol. The van der Waals surface area contributed by atoms with Crippen LogP contribution in [0.1, 0.15) is 39.1 Å². The molecule has 0 aromatic carbocycles. The molecule has 5 nitrogen and oxygen atoms in total. The third-order valence-electron chi connectivity index (χ3n) is 2.56. The molecule has 0 aliphatic rings. The second-order valence-electron chi connectivity index (χ2n) is 5.76. The van der Waals surface area contributed by atoms with Crippen LogP contribution >= 0.6 is 0 Å². The molecule has 0 fully saturated rings. The van der Waals surface area contributed by atoms with E-state index in [1.165, 1.54) is 0 Å². The van der Waals surface area contributed by atoms with Crippen LogP contribution in [0.3, 0.4) is 0 Å². The summed E-state index contributed by atoms with van der Waals surface area (Å²) in [5.41, 5.74) is 1.13. The lowest BCUT2D eigenvalue weighted by Crippen LogP contribution is -2.49. The van der Waals surface area contributed by atoms with E-state index in [-0.39, 0.29) is 23.2 Å². The topological polar surface area (TPSA) is 74.2 Å². The van der Waals surface area contributed by atoms with Gasteiger partial charge in [-0.3, -0.25) is 9.78 Å². The largest absolute Gasteiger partial charge is 0.506 e. The Balaban J connectivity index is 2.56. The zero-order valence-electron chi connectivity index (χ0n) is 12.2. The molecule has 19 heavy (non-hydrogen) atoms. The Labute approximate surface area is 114 Å². The third kappa shape index (κ3) is 5.26. The van der Waals surface area contributed by atoms with E-state index >= 15 is 0 Å². The number of nitrogens with one attached hydrogen (secondary N) is 2. The van der Waals surface area contributed by atoms with Gasteiger partial charge in [0.1, 0.15) is 5.75 Å². The lowest BCUT2D eigenvalue weighted by Gasteiger charge is -2.23. The summed E-state index contributed by atoms with van der Waals surface area (Å²) in [5.74, 6) is 0.0705. The van der Waals surface area contributed by atoms with Crippen molar-refractivity contribution in [1.29, 1.82) is 0 Å². The molecular weight excluding hydrogens is 242 g/mol. The Morgan fingerprint density at radius 3 is 2.63 bits per heavy atom. The van der Waals surface area contributed by atoms with E-state index in [4.69, 9.17) is 0 Å². The van der Waals surface area contributed by atoms with E-state index in [1.807, 2.05) is 27.7 Å². The van der Waals surface area contributed by atoms with Crippen LogP contribution < -0.4 is 10.6 Å². The van der Waals surface area contributed by atoms with Gasteiger partial charge in [-0.25, -0.2) is 0 Å².